The summed E-state index contributed by atoms with van der Waals surface area (Å²) in [7, 11) is 1.59. The second-order valence-corrected chi connectivity index (χ2v) is 6.92. The molecule has 2 heterocycles. The molecular formula is C23H22IN3O3. The summed E-state index contributed by atoms with van der Waals surface area (Å²) in [6.07, 6.45) is 1.83. The van der Waals surface area contributed by atoms with E-state index in [2.05, 4.69) is 5.32 Å². The lowest BCUT2D eigenvalue weighted by Gasteiger charge is -2.33. The number of ether oxygens (including phenoxy) is 1. The molecule has 0 spiro atoms. The lowest BCUT2D eigenvalue weighted by Crippen LogP contribution is -3.00. The molecule has 4 rings (SSSR count). The third-order valence-electron chi connectivity index (χ3n) is 5.07. The summed E-state index contributed by atoms with van der Waals surface area (Å²) in [4.78, 5) is 28.0. The molecule has 30 heavy (non-hydrogen) atoms. The molecule has 0 saturated carbocycles. The fraction of sp³-hybridized carbons (Fsp3) is 0.174. The first-order valence-corrected chi connectivity index (χ1v) is 9.39. The van der Waals surface area contributed by atoms with E-state index in [4.69, 9.17) is 4.74 Å². The number of anilines is 2. The van der Waals surface area contributed by atoms with E-state index >= 15 is 0 Å². The monoisotopic (exact) mass is 515 g/mol. The van der Waals surface area contributed by atoms with Crippen LogP contribution in [0.1, 0.15) is 17.3 Å². The van der Waals surface area contributed by atoms with Gasteiger partial charge in [0.25, 0.3) is 11.8 Å². The Kier molecular flexibility index (Phi) is 6.71. The van der Waals surface area contributed by atoms with Crippen molar-refractivity contribution in [1.82, 2.24) is 0 Å². The number of amides is 2. The Labute approximate surface area is 192 Å². The van der Waals surface area contributed by atoms with E-state index in [0.29, 0.717) is 11.4 Å². The quantitative estimate of drug-likeness (QED) is 0.394. The second-order valence-electron chi connectivity index (χ2n) is 6.92. The third kappa shape index (κ3) is 4.16. The van der Waals surface area contributed by atoms with Gasteiger partial charge >= 0.3 is 0 Å². The number of pyridine rings is 1. The molecule has 7 heteroatoms. The molecule has 0 radical (unpaired) electrons. The molecule has 0 fully saturated rings. The maximum atomic E-state index is 13.4. The lowest BCUT2D eigenvalue weighted by molar-refractivity contribution is -0.695. The van der Waals surface area contributed by atoms with Crippen molar-refractivity contribution in [3.63, 3.8) is 0 Å². The molecule has 2 amide bonds. The van der Waals surface area contributed by atoms with E-state index in [1.54, 1.807) is 36.3 Å². The van der Waals surface area contributed by atoms with Gasteiger partial charge in [-0.15, -0.1) is 0 Å². The van der Waals surface area contributed by atoms with Crippen LogP contribution in [0, 0.1) is 6.92 Å². The Morgan fingerprint density at radius 2 is 1.77 bits per heavy atom. The Balaban J connectivity index is 0.00000256. The molecule has 1 aromatic heterocycles. The Morgan fingerprint density at radius 3 is 2.47 bits per heavy atom. The number of halogens is 1. The van der Waals surface area contributed by atoms with Crippen molar-refractivity contribution in [3.8, 4) is 5.75 Å². The molecule has 0 aliphatic carbocycles. The third-order valence-corrected chi connectivity index (χ3v) is 5.07. The van der Waals surface area contributed by atoms with Crippen molar-refractivity contribution in [1.29, 1.82) is 0 Å². The van der Waals surface area contributed by atoms with Crippen LogP contribution >= 0.6 is 0 Å². The highest BCUT2D eigenvalue weighted by Crippen LogP contribution is 2.32. The molecule has 154 valence electrons. The van der Waals surface area contributed by atoms with Gasteiger partial charge in [0.05, 0.1) is 7.11 Å². The minimum absolute atomic E-state index is 0. The number of rotatable bonds is 4. The first-order valence-electron chi connectivity index (χ1n) is 9.39. The van der Waals surface area contributed by atoms with Gasteiger partial charge in [-0.1, -0.05) is 24.3 Å². The molecule has 6 nitrogen and oxygen atoms in total. The molecule has 2 aromatic carbocycles. The number of hydrogen-bond acceptors (Lipinski definition) is 3. The van der Waals surface area contributed by atoms with Crippen LogP contribution < -0.4 is 43.5 Å². The SMILES string of the molecule is COc1ccc(NC(=O)C2c3cccc[n+]3CC(=O)N2c2ccccc2C)cc1.[I-]. The number of fused-ring (bicyclic) bond motifs is 1. The van der Waals surface area contributed by atoms with Gasteiger partial charge in [0.15, 0.2) is 6.20 Å². The summed E-state index contributed by atoms with van der Waals surface area (Å²) in [5, 5.41) is 2.94. The molecule has 0 saturated heterocycles. The number of aromatic nitrogens is 1. The number of nitrogens with zero attached hydrogens (tertiary/aromatic N) is 2. The zero-order chi connectivity index (χ0) is 20.4. The number of benzene rings is 2. The molecule has 1 N–H and O–H groups in total. The van der Waals surface area contributed by atoms with Crippen LogP contribution in [-0.2, 0) is 16.1 Å². The largest absolute Gasteiger partial charge is 1.00 e. The van der Waals surface area contributed by atoms with E-state index < -0.39 is 6.04 Å². The van der Waals surface area contributed by atoms with Crippen molar-refractivity contribution in [2.45, 2.75) is 19.5 Å². The van der Waals surface area contributed by atoms with Crippen LogP contribution in [0.25, 0.3) is 0 Å². The van der Waals surface area contributed by atoms with Gasteiger partial charge in [0, 0.05) is 23.5 Å². The summed E-state index contributed by atoms with van der Waals surface area (Å²) in [5.74, 6) is 0.308. The van der Waals surface area contributed by atoms with Crippen molar-refractivity contribution in [2.24, 2.45) is 0 Å². The normalized spacial score (nSPS) is 15.1. The highest BCUT2D eigenvalue weighted by Gasteiger charge is 2.44. The van der Waals surface area contributed by atoms with Crippen LogP contribution in [0.4, 0.5) is 11.4 Å². The predicted octanol–water partition coefficient (Wildman–Crippen LogP) is 0.0217. The molecule has 1 aliphatic rings. The highest BCUT2D eigenvalue weighted by molar-refractivity contribution is 6.05. The van der Waals surface area contributed by atoms with Crippen LogP contribution in [-0.4, -0.2) is 18.9 Å². The standard InChI is InChI=1S/C23H21N3O3.HI/c1-16-7-3-4-8-19(16)26-21(27)15-25-14-6-5-9-20(25)22(26)23(28)24-17-10-12-18(29-2)13-11-17;/h3-14,22H,15H2,1-2H3;1H. The topological polar surface area (TPSA) is 62.5 Å². The number of methoxy groups -OCH3 is 1. The zero-order valence-electron chi connectivity index (χ0n) is 16.7. The van der Waals surface area contributed by atoms with E-state index in [1.807, 2.05) is 60.2 Å². The van der Waals surface area contributed by atoms with Gasteiger partial charge < -0.3 is 34.0 Å². The van der Waals surface area contributed by atoms with E-state index in [1.165, 1.54) is 0 Å². The number of nitrogens with one attached hydrogen (secondary N) is 1. The van der Waals surface area contributed by atoms with Crippen molar-refractivity contribution in [2.75, 3.05) is 17.3 Å². The maximum absolute atomic E-state index is 13.4. The maximum Gasteiger partial charge on any atom is 0.294 e. The average Bonchev–Trinajstić information content (AvgIpc) is 2.74. The smallest absolute Gasteiger partial charge is 0.294 e. The number of hydrogen-bond donors (Lipinski definition) is 1. The molecule has 0 bridgehead atoms. The second kappa shape index (κ2) is 9.25. The number of carbonyl (C=O) groups is 2. The van der Waals surface area contributed by atoms with E-state index in [0.717, 1.165) is 16.9 Å². The number of carbonyl (C=O) groups excluding carboxylic acids is 2. The fourth-order valence-corrected chi connectivity index (χ4v) is 3.62. The summed E-state index contributed by atoms with van der Waals surface area (Å²) in [6.45, 7) is 2.13. The zero-order valence-corrected chi connectivity index (χ0v) is 18.9. The molecule has 1 aliphatic heterocycles. The van der Waals surface area contributed by atoms with Crippen molar-refractivity contribution >= 4 is 23.2 Å². The number of aryl methyl sites for hydroxylation is 1. The number of para-hydroxylation sites is 1. The minimum atomic E-state index is -0.777. The molecule has 3 aromatic rings. The van der Waals surface area contributed by atoms with Gasteiger partial charge in [-0.2, -0.15) is 4.57 Å². The molecular weight excluding hydrogens is 493 g/mol. The predicted molar refractivity (Wildman–Crippen MR) is 110 cm³/mol. The molecule has 1 unspecified atom stereocenters. The van der Waals surface area contributed by atoms with Crippen molar-refractivity contribution < 1.29 is 42.9 Å². The summed E-state index contributed by atoms with van der Waals surface area (Å²) in [5.41, 5.74) is 3.08. The van der Waals surface area contributed by atoms with Gasteiger partial charge in [0.1, 0.15) is 5.75 Å². The summed E-state index contributed by atoms with van der Waals surface area (Å²) in [6, 6.07) is 19.6. The van der Waals surface area contributed by atoms with Crippen LogP contribution in [0.5, 0.6) is 5.75 Å². The Hall–Kier alpha value is -2.94. The van der Waals surface area contributed by atoms with Crippen LogP contribution in [0.2, 0.25) is 0 Å². The Bertz CT molecular complexity index is 1070. The van der Waals surface area contributed by atoms with Crippen LogP contribution in [0.3, 0.4) is 0 Å². The fourth-order valence-electron chi connectivity index (χ4n) is 3.62. The first kappa shape index (κ1) is 21.8. The van der Waals surface area contributed by atoms with Gasteiger partial charge in [-0.3, -0.25) is 14.5 Å². The average molecular weight is 515 g/mol. The van der Waals surface area contributed by atoms with Gasteiger partial charge in [0.2, 0.25) is 18.3 Å². The van der Waals surface area contributed by atoms with E-state index in [9.17, 15) is 9.59 Å². The van der Waals surface area contributed by atoms with Crippen molar-refractivity contribution in [3.05, 3.63) is 84.2 Å². The lowest BCUT2D eigenvalue weighted by atomic mass is 10.0. The van der Waals surface area contributed by atoms with Gasteiger partial charge in [-0.05, 0) is 42.8 Å². The summed E-state index contributed by atoms with van der Waals surface area (Å²) < 4.78 is 7.00. The highest BCUT2D eigenvalue weighted by atomic mass is 127. The Morgan fingerprint density at radius 1 is 1.07 bits per heavy atom. The first-order chi connectivity index (χ1) is 14.1. The van der Waals surface area contributed by atoms with Gasteiger partial charge in [-0.25, -0.2) is 0 Å². The molecule has 1 atom stereocenters. The summed E-state index contributed by atoms with van der Waals surface area (Å²) >= 11 is 0. The van der Waals surface area contributed by atoms with E-state index in [-0.39, 0.29) is 42.3 Å². The van der Waals surface area contributed by atoms with Crippen LogP contribution in [0.15, 0.2) is 72.9 Å². The minimum Gasteiger partial charge on any atom is -1.00 e.